The molecule has 0 N–H and O–H groups in total. The third kappa shape index (κ3) is 4.46. The Morgan fingerprint density at radius 3 is 2.54 bits per heavy atom. The van der Waals surface area contributed by atoms with Crippen LogP contribution in [0.5, 0.6) is 0 Å². The molecule has 0 unspecified atom stereocenters. The van der Waals surface area contributed by atoms with E-state index < -0.39 is 22.6 Å². The van der Waals surface area contributed by atoms with Crippen molar-refractivity contribution in [3.8, 4) is 0 Å². The Morgan fingerprint density at radius 1 is 1.31 bits per heavy atom. The van der Waals surface area contributed by atoms with E-state index in [0.29, 0.717) is 4.68 Å². The molecule has 0 radical (unpaired) electrons. The minimum Gasteiger partial charge on any atom is -0.383 e. The molecule has 0 aliphatic heterocycles. The van der Waals surface area contributed by atoms with Crippen molar-refractivity contribution in [2.75, 3.05) is 13.7 Å². The largest absolute Gasteiger partial charge is 0.383 e. The zero-order valence-electron chi connectivity index (χ0n) is 15.2. The number of alkyl halides is 2. The highest BCUT2D eigenvalue weighted by Crippen LogP contribution is 2.25. The van der Waals surface area contributed by atoms with Crippen LogP contribution in [0.2, 0.25) is 0 Å². The third-order valence-corrected chi connectivity index (χ3v) is 6.04. The highest BCUT2D eigenvalue weighted by atomic mass is 32.2. The summed E-state index contributed by atoms with van der Waals surface area (Å²) >= 11 is 0. The number of aryl methyl sites for hydroxylation is 2. The van der Waals surface area contributed by atoms with E-state index in [2.05, 4.69) is 5.10 Å². The van der Waals surface area contributed by atoms with Crippen molar-refractivity contribution < 1.29 is 21.9 Å². The molecule has 2 aromatic rings. The van der Waals surface area contributed by atoms with Crippen molar-refractivity contribution in [3.63, 3.8) is 0 Å². The van der Waals surface area contributed by atoms with Crippen molar-refractivity contribution in [3.05, 3.63) is 47.3 Å². The first kappa shape index (κ1) is 20.5. The van der Waals surface area contributed by atoms with Crippen LogP contribution in [0.4, 0.5) is 8.78 Å². The quantitative estimate of drug-likeness (QED) is 0.698. The molecule has 144 valence electrons. The maximum Gasteiger partial charge on any atom is 0.333 e. The number of hydrogen-bond acceptors (Lipinski definition) is 4. The second kappa shape index (κ2) is 8.24. The summed E-state index contributed by atoms with van der Waals surface area (Å²) in [7, 11) is -2.56. The first-order chi connectivity index (χ1) is 12.2. The standard InChI is InChI=1S/C17H23F2N3O3S/c1-12-6-5-7-15(8-12)9-22(13(2)11-25-4)26(23,24)16-10-21(17(18)19)20-14(16)3/h5-8,10,13,17H,9,11H2,1-4H3/t13-/m1/s1. The molecule has 26 heavy (non-hydrogen) atoms. The lowest BCUT2D eigenvalue weighted by Gasteiger charge is -2.28. The van der Waals surface area contributed by atoms with Gasteiger partial charge in [-0.15, -0.1) is 0 Å². The number of nitrogens with zero attached hydrogens (tertiary/aromatic N) is 3. The van der Waals surface area contributed by atoms with Crippen LogP contribution in [0.25, 0.3) is 0 Å². The zero-order valence-corrected chi connectivity index (χ0v) is 16.0. The first-order valence-electron chi connectivity index (χ1n) is 8.07. The third-order valence-electron chi connectivity index (χ3n) is 3.98. The van der Waals surface area contributed by atoms with E-state index in [9.17, 15) is 17.2 Å². The van der Waals surface area contributed by atoms with Crippen LogP contribution in [-0.4, -0.2) is 42.3 Å². The molecule has 0 aliphatic carbocycles. The first-order valence-corrected chi connectivity index (χ1v) is 9.51. The van der Waals surface area contributed by atoms with Crippen molar-refractivity contribution in [2.45, 2.75) is 44.8 Å². The molecule has 1 atom stereocenters. The molecule has 0 amide bonds. The molecule has 2 rings (SSSR count). The summed E-state index contributed by atoms with van der Waals surface area (Å²) in [6.07, 6.45) is 0.873. The summed E-state index contributed by atoms with van der Waals surface area (Å²) in [6.45, 7) is 2.40. The van der Waals surface area contributed by atoms with Gasteiger partial charge in [0.1, 0.15) is 4.90 Å². The van der Waals surface area contributed by atoms with Gasteiger partial charge in [-0.25, -0.2) is 13.1 Å². The van der Waals surface area contributed by atoms with Crippen molar-refractivity contribution >= 4 is 10.0 Å². The Bertz CT molecular complexity index is 853. The lowest BCUT2D eigenvalue weighted by Crippen LogP contribution is -2.40. The van der Waals surface area contributed by atoms with E-state index in [1.807, 2.05) is 31.2 Å². The topological polar surface area (TPSA) is 64.4 Å². The van der Waals surface area contributed by atoms with E-state index in [1.54, 1.807) is 6.92 Å². The van der Waals surface area contributed by atoms with Crippen LogP contribution in [0.3, 0.4) is 0 Å². The second-order valence-corrected chi connectivity index (χ2v) is 8.04. The lowest BCUT2D eigenvalue weighted by molar-refractivity contribution is 0.0561. The minimum atomic E-state index is -4.04. The SMILES string of the molecule is COC[C@@H](C)N(Cc1cccc(C)c1)S(=O)(=O)c1cn(C(F)F)nc1C. The summed E-state index contributed by atoms with van der Waals surface area (Å²) in [5.41, 5.74) is 1.83. The fourth-order valence-electron chi connectivity index (χ4n) is 2.74. The van der Waals surface area contributed by atoms with Crippen molar-refractivity contribution in [1.29, 1.82) is 0 Å². The fraction of sp³-hybridized carbons (Fsp3) is 0.471. The van der Waals surface area contributed by atoms with Crippen molar-refractivity contribution in [1.82, 2.24) is 14.1 Å². The zero-order chi connectivity index (χ0) is 19.5. The number of aromatic nitrogens is 2. The molecular weight excluding hydrogens is 364 g/mol. The van der Waals surface area contributed by atoms with Gasteiger partial charge in [-0.05, 0) is 26.3 Å². The fourth-order valence-corrected chi connectivity index (χ4v) is 4.50. The number of benzene rings is 1. The summed E-state index contributed by atoms with van der Waals surface area (Å²) < 4.78 is 58.8. The Kier molecular flexibility index (Phi) is 6.48. The van der Waals surface area contributed by atoms with Gasteiger partial charge in [0, 0.05) is 19.7 Å². The van der Waals surface area contributed by atoms with Gasteiger partial charge in [-0.1, -0.05) is 29.8 Å². The van der Waals surface area contributed by atoms with Gasteiger partial charge < -0.3 is 4.74 Å². The number of methoxy groups -OCH3 is 1. The van der Waals surface area contributed by atoms with Crippen LogP contribution >= 0.6 is 0 Å². The molecule has 0 fully saturated rings. The van der Waals surface area contributed by atoms with Crippen molar-refractivity contribution in [2.24, 2.45) is 0 Å². The Labute approximate surface area is 152 Å². The molecule has 1 heterocycles. The minimum absolute atomic E-state index is 0.0316. The van der Waals surface area contributed by atoms with Crippen LogP contribution < -0.4 is 0 Å². The average molecular weight is 387 g/mol. The normalized spacial score (nSPS) is 13.5. The van der Waals surface area contributed by atoms with Gasteiger partial charge in [0.25, 0.3) is 0 Å². The maximum absolute atomic E-state index is 13.2. The van der Waals surface area contributed by atoms with E-state index in [1.165, 1.54) is 18.3 Å². The average Bonchev–Trinajstić information content (AvgIpc) is 2.96. The van der Waals surface area contributed by atoms with Gasteiger partial charge in [-0.3, -0.25) is 0 Å². The molecule has 0 spiro atoms. The Balaban J connectivity index is 2.46. The summed E-state index contributed by atoms with van der Waals surface area (Å²) in [5, 5.41) is 3.61. The molecule has 6 nitrogen and oxygen atoms in total. The van der Waals surface area contributed by atoms with Gasteiger partial charge in [0.2, 0.25) is 10.0 Å². The smallest absolute Gasteiger partial charge is 0.333 e. The molecule has 0 bridgehead atoms. The van der Waals surface area contributed by atoms with Crippen LogP contribution in [0, 0.1) is 13.8 Å². The van der Waals surface area contributed by atoms with Gasteiger partial charge in [0.15, 0.2) is 0 Å². The highest BCUT2D eigenvalue weighted by Gasteiger charge is 2.32. The number of sulfonamides is 1. The molecular formula is C17H23F2N3O3S. The van der Waals surface area contributed by atoms with E-state index >= 15 is 0 Å². The molecule has 1 aromatic carbocycles. The molecule has 9 heteroatoms. The van der Waals surface area contributed by atoms with Gasteiger partial charge in [0.05, 0.1) is 18.5 Å². The highest BCUT2D eigenvalue weighted by molar-refractivity contribution is 7.89. The molecule has 0 aliphatic rings. The van der Waals surface area contributed by atoms with Gasteiger partial charge in [-0.2, -0.15) is 18.2 Å². The maximum atomic E-state index is 13.2. The Hall–Kier alpha value is -1.84. The van der Waals surface area contributed by atoms with Crippen LogP contribution in [0.1, 0.15) is 30.3 Å². The number of halogens is 2. The van der Waals surface area contributed by atoms with Gasteiger partial charge >= 0.3 is 6.55 Å². The molecule has 1 aromatic heterocycles. The summed E-state index contributed by atoms with van der Waals surface area (Å²) in [6, 6.07) is 6.98. The van der Waals surface area contributed by atoms with E-state index in [0.717, 1.165) is 17.3 Å². The summed E-state index contributed by atoms with van der Waals surface area (Å²) in [5.74, 6) is 0. The predicted octanol–water partition coefficient (Wildman–Crippen LogP) is 3.12. The number of ether oxygens (including phenoxy) is 1. The molecule has 0 saturated carbocycles. The predicted molar refractivity (Wildman–Crippen MR) is 93.5 cm³/mol. The Morgan fingerprint density at radius 2 is 2.00 bits per heavy atom. The molecule has 0 saturated heterocycles. The number of hydrogen-bond donors (Lipinski definition) is 0. The summed E-state index contributed by atoms with van der Waals surface area (Å²) in [4.78, 5) is -0.228. The monoisotopic (exact) mass is 387 g/mol. The second-order valence-electron chi connectivity index (χ2n) is 6.18. The number of rotatable bonds is 8. The van der Waals surface area contributed by atoms with E-state index in [4.69, 9.17) is 4.74 Å². The lowest BCUT2D eigenvalue weighted by atomic mass is 10.1. The van der Waals surface area contributed by atoms with E-state index in [-0.39, 0.29) is 23.7 Å². The van der Waals surface area contributed by atoms with Crippen LogP contribution in [0.15, 0.2) is 35.4 Å². The van der Waals surface area contributed by atoms with Crippen LogP contribution in [-0.2, 0) is 21.3 Å².